The monoisotopic (exact) mass is 254 g/mol. The Kier molecular flexibility index (Phi) is 3.18. The first-order chi connectivity index (χ1) is 5.38. The number of terminal acetylenes is 1. The number of halogens is 1. The van der Waals surface area contributed by atoms with Gasteiger partial charge in [-0.2, -0.15) is 0 Å². The number of rotatable bonds is 1. The summed E-state index contributed by atoms with van der Waals surface area (Å²) in [7, 11) is 0. The van der Waals surface area contributed by atoms with Crippen molar-refractivity contribution < 1.29 is 0 Å². The molecule has 1 aromatic carbocycles. The molecule has 0 saturated carbocycles. The molecule has 0 fully saturated rings. The Bertz CT molecular complexity index is 305. The Morgan fingerprint density at radius 1 is 1.36 bits per heavy atom. The van der Waals surface area contributed by atoms with E-state index in [0.717, 1.165) is 11.1 Å². The molecule has 0 heterocycles. The zero-order valence-electron chi connectivity index (χ0n) is 5.92. The minimum atomic E-state index is 0.945. The summed E-state index contributed by atoms with van der Waals surface area (Å²) in [6, 6.07) is 7.86. The second-order valence-electron chi connectivity index (χ2n) is 2.02. The van der Waals surface area contributed by atoms with Gasteiger partial charge in [-0.15, -0.1) is 6.42 Å². The quantitative estimate of drug-likeness (QED) is 0.533. The molecule has 0 unspecified atom stereocenters. The molecular weight excluding hydrogens is 247 g/mol. The van der Waals surface area contributed by atoms with Crippen molar-refractivity contribution in [2.75, 3.05) is 0 Å². The van der Waals surface area contributed by atoms with Crippen molar-refractivity contribution in [3.63, 3.8) is 0 Å². The molecule has 54 valence electrons. The first-order valence-corrected chi connectivity index (χ1v) is 4.45. The largest absolute Gasteiger partial charge is 0.115 e. The SMILES string of the molecule is C#Cc1ccccc1C=CI. The van der Waals surface area contributed by atoms with Gasteiger partial charge in [0.15, 0.2) is 0 Å². The van der Waals surface area contributed by atoms with Crippen LogP contribution in [0.5, 0.6) is 0 Å². The zero-order valence-corrected chi connectivity index (χ0v) is 8.08. The van der Waals surface area contributed by atoms with Crippen LogP contribution in [0.1, 0.15) is 11.1 Å². The third kappa shape index (κ3) is 2.09. The molecule has 1 heteroatoms. The van der Waals surface area contributed by atoms with Gasteiger partial charge in [-0.1, -0.05) is 46.7 Å². The molecule has 0 aliphatic carbocycles. The lowest BCUT2D eigenvalue weighted by atomic mass is 10.1. The van der Waals surface area contributed by atoms with E-state index in [1.807, 2.05) is 34.4 Å². The highest BCUT2D eigenvalue weighted by atomic mass is 127. The van der Waals surface area contributed by atoms with Crippen molar-refractivity contribution >= 4 is 28.7 Å². The Morgan fingerprint density at radius 2 is 2.09 bits per heavy atom. The van der Waals surface area contributed by atoms with Gasteiger partial charge in [-0.3, -0.25) is 0 Å². The summed E-state index contributed by atoms with van der Waals surface area (Å²) in [6.07, 6.45) is 7.29. The smallest absolute Gasteiger partial charge is 0.0315 e. The van der Waals surface area contributed by atoms with E-state index in [-0.39, 0.29) is 0 Å². The van der Waals surface area contributed by atoms with Crippen molar-refractivity contribution in [3.8, 4) is 12.3 Å². The maximum Gasteiger partial charge on any atom is 0.0315 e. The molecule has 0 spiro atoms. The Labute approximate surface area is 80.5 Å². The van der Waals surface area contributed by atoms with Crippen LogP contribution >= 0.6 is 22.6 Å². The molecule has 0 bridgehead atoms. The van der Waals surface area contributed by atoms with Gasteiger partial charge in [0.2, 0.25) is 0 Å². The van der Waals surface area contributed by atoms with E-state index >= 15 is 0 Å². The van der Waals surface area contributed by atoms with Crippen LogP contribution in [0.15, 0.2) is 28.3 Å². The molecule has 0 nitrogen and oxygen atoms in total. The lowest BCUT2D eigenvalue weighted by Crippen LogP contribution is -1.78. The van der Waals surface area contributed by atoms with Crippen LogP contribution in [-0.4, -0.2) is 0 Å². The topological polar surface area (TPSA) is 0 Å². The summed E-state index contributed by atoms with van der Waals surface area (Å²) in [5.74, 6) is 2.63. The first kappa shape index (κ1) is 8.35. The molecule has 11 heavy (non-hydrogen) atoms. The average Bonchev–Trinajstić information content (AvgIpc) is 2.06. The lowest BCUT2D eigenvalue weighted by molar-refractivity contribution is 1.61. The number of hydrogen-bond donors (Lipinski definition) is 0. The van der Waals surface area contributed by atoms with Gasteiger partial charge in [0.05, 0.1) is 0 Å². The highest BCUT2D eigenvalue weighted by Crippen LogP contribution is 2.09. The van der Waals surface area contributed by atoms with E-state index in [4.69, 9.17) is 6.42 Å². The van der Waals surface area contributed by atoms with Gasteiger partial charge in [0.1, 0.15) is 0 Å². The van der Waals surface area contributed by atoms with Crippen LogP contribution in [0.2, 0.25) is 0 Å². The van der Waals surface area contributed by atoms with Crippen LogP contribution in [-0.2, 0) is 0 Å². The van der Waals surface area contributed by atoms with Gasteiger partial charge >= 0.3 is 0 Å². The second-order valence-corrected chi connectivity index (χ2v) is 2.74. The third-order valence-corrected chi connectivity index (χ3v) is 1.72. The third-order valence-electron chi connectivity index (χ3n) is 1.36. The molecular formula is C10H7I. The van der Waals surface area contributed by atoms with E-state index in [2.05, 4.69) is 28.5 Å². The predicted octanol–water partition coefficient (Wildman–Crippen LogP) is 3.07. The summed E-state index contributed by atoms with van der Waals surface area (Å²) >= 11 is 2.17. The highest BCUT2D eigenvalue weighted by molar-refractivity contribution is 14.1. The van der Waals surface area contributed by atoms with E-state index in [1.165, 1.54) is 0 Å². The van der Waals surface area contributed by atoms with Crippen LogP contribution in [0, 0.1) is 12.3 Å². The fraction of sp³-hybridized carbons (Fsp3) is 0. The van der Waals surface area contributed by atoms with Gasteiger partial charge in [-0.25, -0.2) is 0 Å². The second kappa shape index (κ2) is 4.20. The normalized spacial score (nSPS) is 9.82. The number of hydrogen-bond acceptors (Lipinski definition) is 0. The summed E-state index contributed by atoms with van der Waals surface area (Å²) in [4.78, 5) is 0. The van der Waals surface area contributed by atoms with Crippen molar-refractivity contribution in [2.24, 2.45) is 0 Å². The first-order valence-electron chi connectivity index (χ1n) is 3.21. The van der Waals surface area contributed by atoms with Gasteiger partial charge in [0, 0.05) is 5.56 Å². The lowest BCUT2D eigenvalue weighted by Gasteiger charge is -1.95. The van der Waals surface area contributed by atoms with Crippen molar-refractivity contribution in [3.05, 3.63) is 39.5 Å². The summed E-state index contributed by atoms with van der Waals surface area (Å²) in [6.45, 7) is 0. The zero-order chi connectivity index (χ0) is 8.10. The molecule has 1 rings (SSSR count). The summed E-state index contributed by atoms with van der Waals surface area (Å²) in [5.41, 5.74) is 2.05. The van der Waals surface area contributed by atoms with E-state index < -0.39 is 0 Å². The standard InChI is InChI=1S/C10H7I/c1-2-9-5-3-4-6-10(9)7-8-11/h1,3-8H. The fourth-order valence-electron chi connectivity index (χ4n) is 0.842. The van der Waals surface area contributed by atoms with Crippen LogP contribution in [0.3, 0.4) is 0 Å². The van der Waals surface area contributed by atoms with Crippen LogP contribution in [0.25, 0.3) is 6.08 Å². The average molecular weight is 254 g/mol. The molecule has 0 radical (unpaired) electrons. The Hall–Kier alpha value is -0.750. The minimum Gasteiger partial charge on any atom is -0.115 e. The highest BCUT2D eigenvalue weighted by Gasteiger charge is 1.91. The molecule has 0 aliphatic heterocycles. The maximum absolute atomic E-state index is 5.29. The predicted molar refractivity (Wildman–Crippen MR) is 57.4 cm³/mol. The van der Waals surface area contributed by atoms with Gasteiger partial charge in [-0.05, 0) is 21.8 Å². The molecule has 0 saturated heterocycles. The molecule has 0 amide bonds. The van der Waals surface area contributed by atoms with Crippen molar-refractivity contribution in [1.29, 1.82) is 0 Å². The van der Waals surface area contributed by atoms with Gasteiger partial charge in [0.25, 0.3) is 0 Å². The maximum atomic E-state index is 5.29. The van der Waals surface area contributed by atoms with Crippen LogP contribution in [0.4, 0.5) is 0 Å². The van der Waals surface area contributed by atoms with Crippen LogP contribution < -0.4 is 0 Å². The van der Waals surface area contributed by atoms with Gasteiger partial charge < -0.3 is 0 Å². The van der Waals surface area contributed by atoms with E-state index in [1.54, 1.807) is 0 Å². The molecule has 0 aliphatic rings. The van der Waals surface area contributed by atoms with E-state index in [9.17, 15) is 0 Å². The Balaban J connectivity index is 3.15. The summed E-state index contributed by atoms with van der Waals surface area (Å²) < 4.78 is 1.95. The molecule has 0 atom stereocenters. The van der Waals surface area contributed by atoms with Crippen molar-refractivity contribution in [1.82, 2.24) is 0 Å². The fourth-order valence-corrected chi connectivity index (χ4v) is 1.23. The summed E-state index contributed by atoms with van der Waals surface area (Å²) in [5, 5.41) is 0. The van der Waals surface area contributed by atoms with E-state index in [0.29, 0.717) is 0 Å². The minimum absolute atomic E-state index is 0.945. The molecule has 0 aromatic heterocycles. The molecule has 1 aromatic rings. The molecule has 0 N–H and O–H groups in total. The van der Waals surface area contributed by atoms with Crippen molar-refractivity contribution in [2.45, 2.75) is 0 Å². The number of benzene rings is 1. The Morgan fingerprint density at radius 3 is 2.73 bits per heavy atom.